The van der Waals surface area contributed by atoms with Crippen LogP contribution in [0.5, 0.6) is 0 Å². The second kappa shape index (κ2) is 8.69. The number of benzene rings is 1. The molecule has 3 aliphatic rings. The van der Waals surface area contributed by atoms with E-state index in [0.29, 0.717) is 25.4 Å². The van der Waals surface area contributed by atoms with Crippen molar-refractivity contribution in [2.75, 3.05) is 31.1 Å². The molecule has 1 aromatic carbocycles. The summed E-state index contributed by atoms with van der Waals surface area (Å²) in [5, 5.41) is 0. The number of carbonyl (C=O) groups is 2. The number of esters is 1. The molecule has 31 heavy (non-hydrogen) atoms. The first kappa shape index (κ1) is 20.0. The standard InChI is InChI=1S/C25H29N3O3/c29-24(11-8-19-12-25(30)31-17-19)27-15-21(16-27)20-9-10-23(26-13-20)28(14-18-6-7-18)22-4-2-1-3-5-22/h1-5,9-10,13,18-19,21H,6-8,11-12,14-17H2/t19-/m0/s1. The van der Waals surface area contributed by atoms with Crippen LogP contribution < -0.4 is 4.90 Å². The van der Waals surface area contributed by atoms with Crippen molar-refractivity contribution in [3.8, 4) is 0 Å². The summed E-state index contributed by atoms with van der Waals surface area (Å²) in [6, 6.07) is 14.7. The number of ether oxygens (including phenoxy) is 1. The molecule has 3 fully saturated rings. The molecule has 5 rings (SSSR count). The van der Waals surface area contributed by atoms with Crippen LogP contribution in [-0.4, -0.2) is 48.0 Å². The number of nitrogens with zero attached hydrogens (tertiary/aromatic N) is 3. The van der Waals surface area contributed by atoms with Gasteiger partial charge in [0.2, 0.25) is 5.91 Å². The van der Waals surface area contributed by atoms with Crippen molar-refractivity contribution in [1.29, 1.82) is 0 Å². The average molecular weight is 420 g/mol. The molecule has 2 aromatic rings. The summed E-state index contributed by atoms with van der Waals surface area (Å²) in [6.45, 7) is 2.99. The van der Waals surface area contributed by atoms with Crippen molar-refractivity contribution < 1.29 is 14.3 Å². The predicted octanol–water partition coefficient (Wildman–Crippen LogP) is 3.90. The van der Waals surface area contributed by atoms with Crippen molar-refractivity contribution in [3.63, 3.8) is 0 Å². The maximum atomic E-state index is 12.4. The van der Waals surface area contributed by atoms with Crippen molar-refractivity contribution in [2.24, 2.45) is 11.8 Å². The van der Waals surface area contributed by atoms with Gasteiger partial charge in [0.1, 0.15) is 5.82 Å². The lowest BCUT2D eigenvalue weighted by Crippen LogP contribution is -2.48. The van der Waals surface area contributed by atoms with E-state index in [0.717, 1.165) is 37.8 Å². The number of anilines is 2. The van der Waals surface area contributed by atoms with Crippen LogP contribution in [0, 0.1) is 11.8 Å². The highest BCUT2D eigenvalue weighted by molar-refractivity contribution is 5.77. The Morgan fingerprint density at radius 1 is 1.10 bits per heavy atom. The first-order chi connectivity index (χ1) is 15.2. The van der Waals surface area contributed by atoms with Gasteiger partial charge in [0.25, 0.3) is 0 Å². The molecule has 1 atom stereocenters. The number of amides is 1. The molecule has 2 saturated heterocycles. The molecule has 3 heterocycles. The zero-order chi connectivity index (χ0) is 21.2. The van der Waals surface area contributed by atoms with E-state index in [1.165, 1.54) is 24.1 Å². The van der Waals surface area contributed by atoms with Gasteiger partial charge in [-0.3, -0.25) is 9.59 Å². The van der Waals surface area contributed by atoms with Gasteiger partial charge in [0.05, 0.1) is 13.0 Å². The number of hydrogen-bond acceptors (Lipinski definition) is 5. The van der Waals surface area contributed by atoms with Crippen molar-refractivity contribution in [3.05, 3.63) is 54.2 Å². The summed E-state index contributed by atoms with van der Waals surface area (Å²) < 4.78 is 4.98. The SMILES string of the molecule is O=C1C[C@H](CCC(=O)N2CC(c3ccc(N(CC4CC4)c4ccccc4)nc3)C2)CO1. The van der Waals surface area contributed by atoms with Gasteiger partial charge in [0, 0.05) is 49.8 Å². The van der Waals surface area contributed by atoms with E-state index in [4.69, 9.17) is 9.72 Å². The van der Waals surface area contributed by atoms with Crippen molar-refractivity contribution >= 4 is 23.4 Å². The van der Waals surface area contributed by atoms with Gasteiger partial charge in [0.15, 0.2) is 0 Å². The Labute approximate surface area is 183 Å². The van der Waals surface area contributed by atoms with Crippen molar-refractivity contribution in [1.82, 2.24) is 9.88 Å². The number of para-hydroxylation sites is 1. The second-order valence-corrected chi connectivity index (χ2v) is 9.13. The number of hydrogen-bond donors (Lipinski definition) is 0. The predicted molar refractivity (Wildman–Crippen MR) is 118 cm³/mol. The quantitative estimate of drug-likeness (QED) is 0.608. The average Bonchev–Trinajstić information content (AvgIpc) is 3.49. The molecule has 162 valence electrons. The van der Waals surface area contributed by atoms with Gasteiger partial charge in [-0.1, -0.05) is 24.3 Å². The fourth-order valence-corrected chi connectivity index (χ4v) is 4.42. The highest BCUT2D eigenvalue weighted by atomic mass is 16.5. The molecule has 2 aliphatic heterocycles. The van der Waals surface area contributed by atoms with Crippen LogP contribution in [0.3, 0.4) is 0 Å². The van der Waals surface area contributed by atoms with E-state index >= 15 is 0 Å². The molecule has 6 heteroatoms. The zero-order valence-corrected chi connectivity index (χ0v) is 17.8. The minimum absolute atomic E-state index is 0.139. The third kappa shape index (κ3) is 4.73. The summed E-state index contributed by atoms with van der Waals surface area (Å²) in [6.07, 6.45) is 6.27. The molecule has 1 amide bonds. The summed E-state index contributed by atoms with van der Waals surface area (Å²) in [7, 11) is 0. The first-order valence-corrected chi connectivity index (χ1v) is 11.4. The molecular formula is C25H29N3O3. The van der Waals surface area contributed by atoms with Crippen molar-refractivity contribution in [2.45, 2.75) is 38.0 Å². The topological polar surface area (TPSA) is 62.7 Å². The molecule has 1 aromatic heterocycles. The van der Waals surface area contributed by atoms with Gasteiger partial charge >= 0.3 is 5.97 Å². The highest BCUT2D eigenvalue weighted by Crippen LogP contribution is 2.35. The highest BCUT2D eigenvalue weighted by Gasteiger charge is 2.33. The fourth-order valence-electron chi connectivity index (χ4n) is 4.42. The fraction of sp³-hybridized carbons (Fsp3) is 0.480. The van der Waals surface area contributed by atoms with Crippen LogP contribution in [-0.2, 0) is 14.3 Å². The van der Waals surface area contributed by atoms with E-state index in [2.05, 4.69) is 41.3 Å². The lowest BCUT2D eigenvalue weighted by Gasteiger charge is -2.39. The molecule has 0 spiro atoms. The molecule has 1 saturated carbocycles. The van der Waals surface area contributed by atoms with Gasteiger partial charge in [-0.05, 0) is 48.9 Å². The van der Waals surface area contributed by atoms with Gasteiger partial charge in [-0.15, -0.1) is 0 Å². The number of aromatic nitrogens is 1. The Bertz CT molecular complexity index is 921. The number of cyclic esters (lactones) is 1. The largest absolute Gasteiger partial charge is 0.465 e. The Balaban J connectivity index is 1.15. The number of pyridine rings is 1. The number of likely N-dealkylation sites (tertiary alicyclic amines) is 1. The summed E-state index contributed by atoms with van der Waals surface area (Å²) in [4.78, 5) is 32.6. The Morgan fingerprint density at radius 2 is 1.90 bits per heavy atom. The lowest BCUT2D eigenvalue weighted by atomic mass is 9.91. The second-order valence-electron chi connectivity index (χ2n) is 9.13. The first-order valence-electron chi connectivity index (χ1n) is 11.4. The Morgan fingerprint density at radius 3 is 2.55 bits per heavy atom. The van der Waals surface area contributed by atoms with Crippen LogP contribution in [0.4, 0.5) is 11.5 Å². The third-order valence-corrected chi connectivity index (χ3v) is 6.66. The van der Waals surface area contributed by atoms with Crippen LogP contribution >= 0.6 is 0 Å². The molecule has 6 nitrogen and oxygen atoms in total. The Hall–Kier alpha value is -2.89. The summed E-state index contributed by atoms with van der Waals surface area (Å²) in [5.41, 5.74) is 2.38. The normalized spacial score (nSPS) is 21.0. The van der Waals surface area contributed by atoms with Crippen LogP contribution in [0.15, 0.2) is 48.7 Å². The van der Waals surface area contributed by atoms with E-state index in [9.17, 15) is 9.59 Å². The molecule has 0 radical (unpaired) electrons. The van der Waals surface area contributed by atoms with Crippen LogP contribution in [0.2, 0.25) is 0 Å². The maximum absolute atomic E-state index is 12.4. The smallest absolute Gasteiger partial charge is 0.306 e. The van der Waals surface area contributed by atoms with E-state index in [-0.39, 0.29) is 17.8 Å². The van der Waals surface area contributed by atoms with E-state index in [1.807, 2.05) is 17.2 Å². The minimum Gasteiger partial charge on any atom is -0.465 e. The summed E-state index contributed by atoms with van der Waals surface area (Å²) in [5.74, 6) is 2.36. The van der Waals surface area contributed by atoms with Gasteiger partial charge in [-0.2, -0.15) is 0 Å². The molecule has 1 aliphatic carbocycles. The number of carbonyl (C=O) groups excluding carboxylic acids is 2. The van der Waals surface area contributed by atoms with E-state index < -0.39 is 0 Å². The van der Waals surface area contributed by atoms with Gasteiger partial charge < -0.3 is 14.5 Å². The lowest BCUT2D eigenvalue weighted by molar-refractivity contribution is -0.138. The molecule has 0 N–H and O–H groups in total. The summed E-state index contributed by atoms with van der Waals surface area (Å²) >= 11 is 0. The maximum Gasteiger partial charge on any atom is 0.306 e. The van der Waals surface area contributed by atoms with E-state index in [1.54, 1.807) is 0 Å². The minimum atomic E-state index is -0.139. The molecule has 0 unspecified atom stereocenters. The zero-order valence-electron chi connectivity index (χ0n) is 17.8. The third-order valence-electron chi connectivity index (χ3n) is 6.66. The number of rotatable bonds is 8. The molecular weight excluding hydrogens is 390 g/mol. The van der Waals surface area contributed by atoms with Crippen LogP contribution in [0.25, 0.3) is 0 Å². The molecule has 0 bridgehead atoms. The van der Waals surface area contributed by atoms with Crippen LogP contribution in [0.1, 0.15) is 43.6 Å². The van der Waals surface area contributed by atoms with Gasteiger partial charge in [-0.25, -0.2) is 4.98 Å². The Kier molecular flexibility index (Phi) is 5.62. The monoisotopic (exact) mass is 419 g/mol.